The van der Waals surface area contributed by atoms with Crippen LogP contribution in [0.5, 0.6) is 0 Å². The van der Waals surface area contributed by atoms with Crippen molar-refractivity contribution >= 4 is 0 Å². The first-order chi connectivity index (χ1) is 28.0. The third kappa shape index (κ3) is 11.2. The van der Waals surface area contributed by atoms with Crippen LogP contribution in [0.4, 0.5) is 13.2 Å². The minimum absolute atomic E-state index is 0. The quantitative estimate of drug-likeness (QED) is 0.167. The maximum Gasteiger partial charge on any atom is 0.123 e. The van der Waals surface area contributed by atoms with E-state index in [0.717, 1.165) is 67.2 Å². The van der Waals surface area contributed by atoms with Gasteiger partial charge in [-0.3, -0.25) is 15.0 Å². The van der Waals surface area contributed by atoms with E-state index in [0.29, 0.717) is 0 Å². The Morgan fingerprint density at radius 3 is 0.724 bits per heavy atom. The van der Waals surface area contributed by atoms with Gasteiger partial charge in [-0.2, -0.15) is 0 Å². The Morgan fingerprint density at radius 2 is 0.483 bits per heavy atom. The van der Waals surface area contributed by atoms with Crippen molar-refractivity contribution in [1.29, 1.82) is 0 Å². The summed E-state index contributed by atoms with van der Waals surface area (Å²) in [6.07, 6.45) is 5.30. The Bertz CT molecular complexity index is 2380. The molecule has 58 heavy (non-hydrogen) atoms. The molecule has 3 aromatic heterocycles. The van der Waals surface area contributed by atoms with Gasteiger partial charge in [0, 0.05) is 55.4 Å². The summed E-state index contributed by atoms with van der Waals surface area (Å²) in [5.41, 5.74) is 11.4. The molecule has 1 radical (unpaired) electrons. The second kappa shape index (κ2) is 20.4. The maximum absolute atomic E-state index is 13.3. The van der Waals surface area contributed by atoms with Gasteiger partial charge in [-0.15, -0.1) is 0 Å². The smallest absolute Gasteiger partial charge is 0.123 e. The molecule has 0 bridgehead atoms. The van der Waals surface area contributed by atoms with Crippen LogP contribution in [0.2, 0.25) is 0 Å². The van der Waals surface area contributed by atoms with Crippen molar-refractivity contribution in [1.82, 2.24) is 15.0 Å². The first kappa shape index (κ1) is 40.9. The Balaban J connectivity index is 0.000000145. The van der Waals surface area contributed by atoms with Crippen LogP contribution in [0.15, 0.2) is 219 Å². The fourth-order valence-corrected chi connectivity index (χ4v) is 6.18. The Kier molecular flexibility index (Phi) is 14.4. The molecule has 0 aliphatic carbocycles. The van der Waals surface area contributed by atoms with E-state index >= 15 is 0 Å². The van der Waals surface area contributed by atoms with Gasteiger partial charge in [0.15, 0.2) is 0 Å². The van der Waals surface area contributed by atoms with Crippen LogP contribution in [0.1, 0.15) is 0 Å². The zero-order valence-electron chi connectivity index (χ0n) is 31.1. The van der Waals surface area contributed by atoms with Crippen molar-refractivity contribution < 1.29 is 33.3 Å². The van der Waals surface area contributed by atoms with Gasteiger partial charge in [-0.05, 0) is 124 Å². The van der Waals surface area contributed by atoms with Gasteiger partial charge in [0.2, 0.25) is 0 Å². The van der Waals surface area contributed by atoms with Crippen molar-refractivity contribution in [3.05, 3.63) is 236 Å². The summed E-state index contributed by atoms with van der Waals surface area (Å²) in [4.78, 5) is 13.0. The predicted molar refractivity (Wildman–Crippen MR) is 225 cm³/mol. The summed E-state index contributed by atoms with van der Waals surface area (Å²) in [6.45, 7) is 0. The number of aromatic nitrogens is 3. The second-order valence-electron chi connectivity index (χ2n) is 12.9. The molecular formula is C51H36F3IrN3. The third-order valence-electron chi connectivity index (χ3n) is 8.94. The first-order valence-corrected chi connectivity index (χ1v) is 18.3. The molecule has 9 aromatic rings. The van der Waals surface area contributed by atoms with E-state index in [9.17, 15) is 13.2 Å². The number of hydrogen-bond acceptors (Lipinski definition) is 3. The molecule has 3 heterocycles. The number of pyridine rings is 3. The van der Waals surface area contributed by atoms with Crippen molar-refractivity contribution in [2.75, 3.05) is 0 Å². The topological polar surface area (TPSA) is 38.7 Å². The summed E-state index contributed by atoms with van der Waals surface area (Å²) in [5.74, 6) is -0.665. The molecule has 0 atom stereocenters. The fraction of sp³-hybridized carbons (Fsp3) is 0. The van der Waals surface area contributed by atoms with Crippen LogP contribution >= 0.6 is 0 Å². The van der Waals surface area contributed by atoms with Crippen molar-refractivity contribution in [2.24, 2.45) is 0 Å². The van der Waals surface area contributed by atoms with E-state index in [1.54, 1.807) is 36.8 Å². The van der Waals surface area contributed by atoms with Crippen LogP contribution in [0.3, 0.4) is 0 Å². The molecule has 3 nitrogen and oxygen atoms in total. The van der Waals surface area contributed by atoms with E-state index < -0.39 is 0 Å². The summed E-state index contributed by atoms with van der Waals surface area (Å²) < 4.78 is 39.8. The molecule has 0 saturated carbocycles. The summed E-state index contributed by atoms with van der Waals surface area (Å²) in [6, 6.07) is 61.2. The Labute approximate surface area is 350 Å². The number of rotatable bonds is 6. The van der Waals surface area contributed by atoms with Gasteiger partial charge in [0.25, 0.3) is 0 Å². The van der Waals surface area contributed by atoms with Crippen LogP contribution in [-0.4, -0.2) is 15.0 Å². The number of hydrogen-bond donors (Lipinski definition) is 0. The molecule has 6 aromatic carbocycles. The van der Waals surface area contributed by atoms with E-state index in [-0.39, 0.29) is 37.6 Å². The van der Waals surface area contributed by atoms with Crippen molar-refractivity contribution in [3.63, 3.8) is 0 Å². The van der Waals surface area contributed by atoms with E-state index in [1.165, 1.54) is 36.4 Å². The molecule has 0 aliphatic rings. The summed E-state index contributed by atoms with van der Waals surface area (Å²) >= 11 is 0. The molecule has 0 spiro atoms. The SMILES string of the molecule is Fc1cccc(-c2cccc(-c3ccccn3)c2)c1.Fc1cccc(-c2cccc(-c3ccccn3)c2)c1.Fc1cccc(-c2cccc(-c3ccccn3)c2)c1.[Ir]. The molecule has 0 saturated heterocycles. The molecule has 0 aliphatic heterocycles. The number of nitrogens with zero attached hydrogens (tertiary/aromatic N) is 3. The van der Waals surface area contributed by atoms with E-state index in [1.807, 2.05) is 146 Å². The zero-order valence-corrected chi connectivity index (χ0v) is 33.5. The summed E-state index contributed by atoms with van der Waals surface area (Å²) in [5, 5.41) is 0. The molecule has 0 amide bonds. The Morgan fingerprint density at radius 1 is 0.241 bits per heavy atom. The monoisotopic (exact) mass is 940 g/mol. The molecule has 0 fully saturated rings. The normalized spacial score (nSPS) is 10.2. The fourth-order valence-electron chi connectivity index (χ4n) is 6.18. The van der Waals surface area contributed by atoms with Crippen LogP contribution in [0.25, 0.3) is 67.2 Å². The van der Waals surface area contributed by atoms with Crippen molar-refractivity contribution in [2.45, 2.75) is 0 Å². The first-order valence-electron chi connectivity index (χ1n) is 18.3. The minimum Gasteiger partial charge on any atom is -0.256 e. The van der Waals surface area contributed by atoms with Crippen LogP contribution < -0.4 is 0 Å². The van der Waals surface area contributed by atoms with Gasteiger partial charge < -0.3 is 0 Å². The summed E-state index contributed by atoms with van der Waals surface area (Å²) in [7, 11) is 0. The number of halogens is 3. The molecule has 9 rings (SSSR count). The van der Waals surface area contributed by atoms with Gasteiger partial charge >= 0.3 is 0 Å². The largest absolute Gasteiger partial charge is 0.256 e. The Hall–Kier alpha value is -6.79. The van der Waals surface area contributed by atoms with E-state index in [2.05, 4.69) is 15.0 Å². The van der Waals surface area contributed by atoms with Gasteiger partial charge in [0.05, 0.1) is 17.1 Å². The molecular weight excluding hydrogens is 904 g/mol. The average Bonchev–Trinajstić information content (AvgIpc) is 3.28. The third-order valence-corrected chi connectivity index (χ3v) is 8.94. The predicted octanol–water partition coefficient (Wildman–Crippen LogP) is 13.7. The van der Waals surface area contributed by atoms with Gasteiger partial charge in [-0.25, -0.2) is 13.2 Å². The van der Waals surface area contributed by atoms with Crippen LogP contribution in [-0.2, 0) is 20.1 Å². The molecule has 285 valence electrons. The van der Waals surface area contributed by atoms with Crippen molar-refractivity contribution in [3.8, 4) is 67.2 Å². The van der Waals surface area contributed by atoms with Gasteiger partial charge in [-0.1, -0.05) is 109 Å². The molecule has 7 heteroatoms. The maximum atomic E-state index is 13.3. The molecule has 0 N–H and O–H groups in total. The minimum atomic E-state index is -0.222. The standard InChI is InChI=1S/3C17H12FN.Ir/c3*18-16-8-4-6-14(12-16)13-5-3-7-15(11-13)17-9-1-2-10-19-17;/h3*1-12H;. The second-order valence-corrected chi connectivity index (χ2v) is 12.9. The van der Waals surface area contributed by atoms with Crippen LogP contribution in [0, 0.1) is 17.5 Å². The average molecular weight is 940 g/mol. The van der Waals surface area contributed by atoms with Gasteiger partial charge in [0.1, 0.15) is 17.5 Å². The van der Waals surface area contributed by atoms with E-state index in [4.69, 9.17) is 0 Å². The zero-order chi connectivity index (χ0) is 39.2. The molecule has 0 unspecified atom stereocenters. The number of benzene rings is 6.